The van der Waals surface area contributed by atoms with E-state index in [9.17, 15) is 0 Å². The molecule has 1 aromatic carbocycles. The molecule has 0 aliphatic heterocycles. The molecule has 1 heterocycles. The van der Waals surface area contributed by atoms with Gasteiger partial charge in [-0.3, -0.25) is 5.10 Å². The molecule has 0 aliphatic carbocycles. The van der Waals surface area contributed by atoms with Gasteiger partial charge in [0.25, 0.3) is 0 Å². The third kappa shape index (κ3) is 4.66. The highest BCUT2D eigenvalue weighted by Gasteiger charge is 2.05. The second-order valence-corrected chi connectivity index (χ2v) is 5.48. The van der Waals surface area contributed by atoms with Gasteiger partial charge in [0.2, 0.25) is 4.77 Å². The number of unbranched alkanes of at least 4 members (excludes halogenated alkanes) is 2. The van der Waals surface area contributed by atoms with Gasteiger partial charge in [-0.05, 0) is 49.3 Å². The number of nitrogens with zero attached hydrogens (tertiary/aromatic N) is 3. The summed E-state index contributed by atoms with van der Waals surface area (Å²) in [6.07, 6.45) is 5.09. The van der Waals surface area contributed by atoms with Crippen LogP contribution in [0.4, 0.5) is 0 Å². The number of aromatic amines is 1. The van der Waals surface area contributed by atoms with Gasteiger partial charge in [-0.1, -0.05) is 19.8 Å². The summed E-state index contributed by atoms with van der Waals surface area (Å²) in [4.78, 5) is 0. The van der Waals surface area contributed by atoms with Crippen LogP contribution in [0, 0.1) is 11.7 Å². The van der Waals surface area contributed by atoms with Gasteiger partial charge in [0.1, 0.15) is 5.82 Å². The van der Waals surface area contributed by atoms with Crippen LogP contribution in [0.3, 0.4) is 0 Å². The molecule has 0 amide bonds. The summed E-state index contributed by atoms with van der Waals surface area (Å²) in [5.74, 6) is 2.14. The molecule has 0 fully saturated rings. The number of benzene rings is 1. The minimum Gasteiger partial charge on any atom is -0.493 e. The smallest absolute Gasteiger partial charge is 0.216 e. The number of aryl methyl sites for hydroxylation is 1. The molecule has 0 unspecified atom stereocenters. The van der Waals surface area contributed by atoms with Crippen LogP contribution in [0.1, 0.15) is 37.6 Å². The van der Waals surface area contributed by atoms with Gasteiger partial charge in [-0.25, -0.2) is 0 Å². The average Bonchev–Trinajstić information content (AvgIpc) is 2.88. The third-order valence-electron chi connectivity index (χ3n) is 3.33. The van der Waals surface area contributed by atoms with Crippen molar-refractivity contribution in [1.82, 2.24) is 14.9 Å². The van der Waals surface area contributed by atoms with Gasteiger partial charge in [0.15, 0.2) is 11.5 Å². The lowest BCUT2D eigenvalue weighted by molar-refractivity contribution is 0.286. The number of nitrogens with one attached hydrogen (secondary N) is 1. The molecule has 6 nitrogen and oxygen atoms in total. The van der Waals surface area contributed by atoms with E-state index in [4.69, 9.17) is 21.7 Å². The Labute approximate surface area is 141 Å². The summed E-state index contributed by atoms with van der Waals surface area (Å²) in [7, 11) is 1.63. The highest BCUT2D eigenvalue weighted by atomic mass is 32.1. The second-order valence-electron chi connectivity index (χ2n) is 5.10. The molecule has 0 saturated heterocycles. The SMILES string of the molecule is CCCCCOc1ccc(/C=N/n2c(C)n[nH]c2=S)cc1OC. The largest absolute Gasteiger partial charge is 0.493 e. The number of aromatic nitrogens is 3. The highest BCUT2D eigenvalue weighted by Crippen LogP contribution is 2.27. The Morgan fingerprint density at radius 2 is 2.17 bits per heavy atom. The molecular weight excluding hydrogens is 312 g/mol. The van der Waals surface area contributed by atoms with Gasteiger partial charge in [0, 0.05) is 0 Å². The maximum absolute atomic E-state index is 5.77. The van der Waals surface area contributed by atoms with E-state index < -0.39 is 0 Å². The fourth-order valence-corrected chi connectivity index (χ4v) is 2.27. The van der Waals surface area contributed by atoms with Crippen molar-refractivity contribution in [3.63, 3.8) is 0 Å². The van der Waals surface area contributed by atoms with Crippen molar-refractivity contribution in [3.8, 4) is 11.5 Å². The van der Waals surface area contributed by atoms with Gasteiger partial charge in [0.05, 0.1) is 19.9 Å². The zero-order valence-electron chi connectivity index (χ0n) is 13.7. The standard InChI is InChI=1S/C16H22N4O2S/c1-4-5-6-9-22-14-8-7-13(10-15(14)21-3)11-17-20-12(2)18-19-16(20)23/h7-8,10-11H,4-6,9H2,1-3H3,(H,19,23)/b17-11+. The van der Waals surface area contributed by atoms with Gasteiger partial charge >= 0.3 is 0 Å². The second kappa shape index (κ2) is 8.47. The lowest BCUT2D eigenvalue weighted by atomic mass is 10.2. The zero-order chi connectivity index (χ0) is 16.7. The summed E-state index contributed by atoms with van der Waals surface area (Å²) < 4.78 is 13.2. The molecule has 0 spiro atoms. The maximum atomic E-state index is 5.77. The van der Waals surface area contributed by atoms with E-state index in [2.05, 4.69) is 22.2 Å². The van der Waals surface area contributed by atoms with Crippen molar-refractivity contribution in [1.29, 1.82) is 0 Å². The van der Waals surface area contributed by atoms with Crippen LogP contribution in [0.15, 0.2) is 23.3 Å². The Morgan fingerprint density at radius 3 is 2.83 bits per heavy atom. The Balaban J connectivity index is 2.10. The van der Waals surface area contributed by atoms with E-state index in [1.165, 1.54) is 6.42 Å². The first kappa shape index (κ1) is 17.2. The van der Waals surface area contributed by atoms with E-state index in [0.29, 0.717) is 23.0 Å². The molecule has 0 bridgehead atoms. The summed E-state index contributed by atoms with van der Waals surface area (Å²) in [6.45, 7) is 4.70. The molecule has 2 rings (SSSR count). The van der Waals surface area contributed by atoms with Crippen LogP contribution in [-0.4, -0.2) is 34.8 Å². The average molecular weight is 334 g/mol. The fraction of sp³-hybridized carbons (Fsp3) is 0.438. The van der Waals surface area contributed by atoms with E-state index in [0.717, 1.165) is 24.2 Å². The Bertz CT molecular complexity index is 721. The predicted molar refractivity (Wildman–Crippen MR) is 93.2 cm³/mol. The molecule has 0 saturated carbocycles. The molecular formula is C16H22N4O2S. The normalized spacial score (nSPS) is 11.1. The van der Waals surface area contributed by atoms with Crippen molar-refractivity contribution in [2.45, 2.75) is 33.1 Å². The molecule has 1 N–H and O–H groups in total. The fourth-order valence-electron chi connectivity index (χ4n) is 2.05. The zero-order valence-corrected chi connectivity index (χ0v) is 14.5. The van der Waals surface area contributed by atoms with Crippen LogP contribution in [0.2, 0.25) is 0 Å². The molecule has 7 heteroatoms. The maximum Gasteiger partial charge on any atom is 0.216 e. The molecule has 0 atom stereocenters. The molecule has 1 aromatic heterocycles. The molecule has 0 aliphatic rings. The van der Waals surface area contributed by atoms with Crippen molar-refractivity contribution in [2.75, 3.05) is 13.7 Å². The van der Waals surface area contributed by atoms with Gasteiger partial charge in [-0.2, -0.15) is 14.9 Å². The lowest BCUT2D eigenvalue weighted by Gasteiger charge is -2.11. The lowest BCUT2D eigenvalue weighted by Crippen LogP contribution is -2.00. The number of rotatable bonds is 8. The van der Waals surface area contributed by atoms with Crippen molar-refractivity contribution in [3.05, 3.63) is 34.4 Å². The highest BCUT2D eigenvalue weighted by molar-refractivity contribution is 7.71. The topological polar surface area (TPSA) is 64.4 Å². The number of hydrogen-bond donors (Lipinski definition) is 1. The monoisotopic (exact) mass is 334 g/mol. The van der Waals surface area contributed by atoms with Crippen molar-refractivity contribution < 1.29 is 9.47 Å². The third-order valence-corrected chi connectivity index (χ3v) is 3.59. The first-order chi connectivity index (χ1) is 11.2. The van der Waals surface area contributed by atoms with Gasteiger partial charge < -0.3 is 9.47 Å². The molecule has 23 heavy (non-hydrogen) atoms. The van der Waals surface area contributed by atoms with Crippen LogP contribution in [0.5, 0.6) is 11.5 Å². The van der Waals surface area contributed by atoms with Crippen LogP contribution < -0.4 is 9.47 Å². The summed E-state index contributed by atoms with van der Waals surface area (Å²) >= 11 is 5.11. The van der Waals surface area contributed by atoms with E-state index in [-0.39, 0.29) is 0 Å². The summed E-state index contributed by atoms with van der Waals surface area (Å²) in [6, 6.07) is 5.71. The first-order valence-electron chi connectivity index (χ1n) is 7.65. The van der Waals surface area contributed by atoms with E-state index >= 15 is 0 Å². The number of H-pyrrole nitrogens is 1. The van der Waals surface area contributed by atoms with Crippen molar-refractivity contribution >= 4 is 18.4 Å². The number of ether oxygens (including phenoxy) is 2. The number of methoxy groups -OCH3 is 1. The molecule has 2 aromatic rings. The Morgan fingerprint density at radius 1 is 1.35 bits per heavy atom. The summed E-state index contributed by atoms with van der Waals surface area (Å²) in [5, 5.41) is 11.0. The minimum atomic E-state index is 0.460. The van der Waals surface area contributed by atoms with Crippen molar-refractivity contribution in [2.24, 2.45) is 5.10 Å². The molecule has 124 valence electrons. The van der Waals surface area contributed by atoms with Gasteiger partial charge in [-0.15, -0.1) is 0 Å². The minimum absolute atomic E-state index is 0.460. The Hall–Kier alpha value is -2.15. The van der Waals surface area contributed by atoms with Crippen LogP contribution >= 0.6 is 12.2 Å². The summed E-state index contributed by atoms with van der Waals surface area (Å²) in [5.41, 5.74) is 0.894. The Kier molecular flexibility index (Phi) is 6.34. The van der Waals surface area contributed by atoms with E-state index in [1.54, 1.807) is 18.0 Å². The van der Waals surface area contributed by atoms with E-state index in [1.807, 2.05) is 25.1 Å². The molecule has 0 radical (unpaired) electrons. The predicted octanol–water partition coefficient (Wildman–Crippen LogP) is 3.71. The van der Waals surface area contributed by atoms with Crippen LogP contribution in [-0.2, 0) is 0 Å². The first-order valence-corrected chi connectivity index (χ1v) is 8.05. The quantitative estimate of drug-likeness (QED) is 0.454. The van der Waals surface area contributed by atoms with Crippen LogP contribution in [0.25, 0.3) is 0 Å². The number of hydrogen-bond acceptors (Lipinski definition) is 5.